The summed E-state index contributed by atoms with van der Waals surface area (Å²) in [5.41, 5.74) is -1.28. The van der Waals surface area contributed by atoms with Gasteiger partial charge in [-0.15, -0.1) is 0 Å². The Kier molecular flexibility index (Phi) is 2.19. The molecule has 3 heteroatoms. The van der Waals surface area contributed by atoms with Crippen molar-refractivity contribution in [1.82, 2.24) is 0 Å². The van der Waals surface area contributed by atoms with Crippen LogP contribution in [0.2, 0.25) is 0 Å². The van der Waals surface area contributed by atoms with Gasteiger partial charge in [0.2, 0.25) is 0 Å². The molecule has 1 fully saturated rings. The van der Waals surface area contributed by atoms with E-state index in [1.807, 2.05) is 0 Å². The minimum atomic E-state index is -1.28. The van der Waals surface area contributed by atoms with E-state index in [1.54, 1.807) is 24.3 Å². The van der Waals surface area contributed by atoms with Crippen LogP contribution in [0.1, 0.15) is 0 Å². The Hall–Kier alpha value is -1.09. The quantitative estimate of drug-likeness (QED) is 0.705. The standard InChI is InChI=1S/C10H10FO2/c11-10(6-12-7-10)8-13-9-4-2-1-3-5-9/h2-5H,6-8H2. The maximum Gasteiger partial charge on any atom is 0.190 e. The largest absolute Gasteiger partial charge is 0.490 e. The van der Waals surface area contributed by atoms with Crippen LogP contribution in [0.5, 0.6) is 5.75 Å². The molecule has 1 aliphatic heterocycles. The van der Waals surface area contributed by atoms with Gasteiger partial charge in [-0.2, -0.15) is 0 Å². The van der Waals surface area contributed by atoms with Crippen molar-refractivity contribution in [3.63, 3.8) is 0 Å². The molecule has 0 N–H and O–H groups in total. The van der Waals surface area contributed by atoms with Crippen LogP contribution in [0.4, 0.5) is 4.39 Å². The zero-order valence-corrected chi connectivity index (χ0v) is 7.13. The van der Waals surface area contributed by atoms with Gasteiger partial charge in [-0.25, -0.2) is 4.39 Å². The number of hydrogen-bond acceptors (Lipinski definition) is 2. The lowest BCUT2D eigenvalue weighted by Crippen LogP contribution is -2.50. The molecule has 0 aromatic heterocycles. The van der Waals surface area contributed by atoms with E-state index < -0.39 is 5.67 Å². The van der Waals surface area contributed by atoms with Crippen molar-refractivity contribution < 1.29 is 13.9 Å². The van der Waals surface area contributed by atoms with Crippen LogP contribution in [-0.2, 0) is 4.74 Å². The molecule has 1 saturated heterocycles. The molecule has 1 aromatic carbocycles. The molecule has 1 aromatic rings. The highest BCUT2D eigenvalue weighted by atomic mass is 19.1. The minimum absolute atomic E-state index is 0.0665. The Balaban J connectivity index is 1.86. The molecule has 0 atom stereocenters. The van der Waals surface area contributed by atoms with E-state index in [1.165, 1.54) is 0 Å². The first kappa shape index (κ1) is 8.51. The maximum atomic E-state index is 13.3. The third-order valence-corrected chi connectivity index (χ3v) is 1.91. The molecule has 0 unspecified atom stereocenters. The molecule has 0 amide bonds. The molecule has 2 rings (SSSR count). The summed E-state index contributed by atoms with van der Waals surface area (Å²) >= 11 is 0. The summed E-state index contributed by atoms with van der Waals surface area (Å²) in [5.74, 6) is 0.669. The first-order valence-corrected chi connectivity index (χ1v) is 4.14. The number of alkyl halides is 1. The summed E-state index contributed by atoms with van der Waals surface area (Å²) in [7, 11) is 0. The highest BCUT2D eigenvalue weighted by molar-refractivity contribution is 5.20. The fraction of sp³-hybridized carbons (Fsp3) is 0.400. The fourth-order valence-electron chi connectivity index (χ4n) is 1.09. The molecule has 0 aliphatic carbocycles. The molecule has 0 bridgehead atoms. The van der Waals surface area contributed by atoms with E-state index in [9.17, 15) is 4.39 Å². The van der Waals surface area contributed by atoms with Crippen LogP contribution in [0.25, 0.3) is 0 Å². The van der Waals surface area contributed by atoms with Gasteiger partial charge in [-0.05, 0) is 18.2 Å². The monoisotopic (exact) mass is 181 g/mol. The van der Waals surface area contributed by atoms with Gasteiger partial charge in [-0.3, -0.25) is 0 Å². The number of halogens is 1. The van der Waals surface area contributed by atoms with Gasteiger partial charge in [0.25, 0.3) is 0 Å². The van der Waals surface area contributed by atoms with Crippen LogP contribution in [0, 0.1) is 6.07 Å². The van der Waals surface area contributed by atoms with E-state index >= 15 is 0 Å². The topological polar surface area (TPSA) is 18.5 Å². The molecular weight excluding hydrogens is 171 g/mol. The Labute approximate surface area is 76.3 Å². The lowest BCUT2D eigenvalue weighted by molar-refractivity contribution is -0.146. The first-order chi connectivity index (χ1) is 6.29. The number of ether oxygens (including phenoxy) is 2. The van der Waals surface area contributed by atoms with Crippen LogP contribution in [0.3, 0.4) is 0 Å². The van der Waals surface area contributed by atoms with E-state index in [2.05, 4.69) is 6.07 Å². The van der Waals surface area contributed by atoms with Crippen molar-refractivity contribution in [1.29, 1.82) is 0 Å². The maximum absolute atomic E-state index is 13.3. The number of benzene rings is 1. The van der Waals surface area contributed by atoms with E-state index in [-0.39, 0.29) is 19.8 Å². The molecule has 1 aliphatic rings. The normalized spacial score (nSPS) is 19.2. The molecule has 0 spiro atoms. The molecule has 69 valence electrons. The number of rotatable bonds is 3. The van der Waals surface area contributed by atoms with Crippen molar-refractivity contribution in [2.24, 2.45) is 0 Å². The van der Waals surface area contributed by atoms with Crippen molar-refractivity contribution in [3.8, 4) is 5.75 Å². The van der Waals surface area contributed by atoms with Gasteiger partial charge in [0.15, 0.2) is 5.67 Å². The molecule has 13 heavy (non-hydrogen) atoms. The second-order valence-electron chi connectivity index (χ2n) is 3.17. The van der Waals surface area contributed by atoms with Crippen molar-refractivity contribution in [2.75, 3.05) is 19.8 Å². The Morgan fingerprint density at radius 1 is 1.46 bits per heavy atom. The minimum Gasteiger partial charge on any atom is -0.490 e. The summed E-state index contributed by atoms with van der Waals surface area (Å²) in [5, 5.41) is 0. The predicted octanol–water partition coefficient (Wildman–Crippen LogP) is 1.60. The van der Waals surface area contributed by atoms with Gasteiger partial charge in [-0.1, -0.05) is 12.1 Å². The van der Waals surface area contributed by atoms with E-state index in [0.29, 0.717) is 5.75 Å². The van der Waals surface area contributed by atoms with Gasteiger partial charge < -0.3 is 9.47 Å². The van der Waals surface area contributed by atoms with Crippen molar-refractivity contribution >= 4 is 0 Å². The van der Waals surface area contributed by atoms with Crippen LogP contribution in [-0.4, -0.2) is 25.5 Å². The van der Waals surface area contributed by atoms with Crippen molar-refractivity contribution in [2.45, 2.75) is 5.67 Å². The summed E-state index contributed by atoms with van der Waals surface area (Å²) in [4.78, 5) is 0. The Morgan fingerprint density at radius 3 is 2.69 bits per heavy atom. The highest BCUT2D eigenvalue weighted by Crippen LogP contribution is 2.23. The van der Waals surface area contributed by atoms with Gasteiger partial charge >= 0.3 is 0 Å². The lowest BCUT2D eigenvalue weighted by Gasteiger charge is -2.33. The molecule has 2 nitrogen and oxygen atoms in total. The van der Waals surface area contributed by atoms with Gasteiger partial charge in [0.05, 0.1) is 13.2 Å². The lowest BCUT2D eigenvalue weighted by atomic mass is 10.1. The second-order valence-corrected chi connectivity index (χ2v) is 3.17. The van der Waals surface area contributed by atoms with E-state index in [0.717, 1.165) is 0 Å². The zero-order valence-electron chi connectivity index (χ0n) is 7.13. The smallest absolute Gasteiger partial charge is 0.190 e. The Morgan fingerprint density at radius 2 is 2.15 bits per heavy atom. The summed E-state index contributed by atoms with van der Waals surface area (Å²) < 4.78 is 23.3. The summed E-state index contributed by atoms with van der Waals surface area (Å²) in [6.07, 6.45) is 0. The van der Waals surface area contributed by atoms with Crippen LogP contribution >= 0.6 is 0 Å². The average Bonchev–Trinajstić information content (AvgIpc) is 2.13. The fourth-order valence-corrected chi connectivity index (χ4v) is 1.09. The highest BCUT2D eigenvalue weighted by Gasteiger charge is 2.39. The Bertz CT molecular complexity index is 270. The molecule has 1 heterocycles. The van der Waals surface area contributed by atoms with Gasteiger partial charge in [0, 0.05) is 0 Å². The predicted molar refractivity (Wildman–Crippen MR) is 45.4 cm³/mol. The SMILES string of the molecule is FC1(COc2cc[c]cc2)COC1. The van der Waals surface area contributed by atoms with Gasteiger partial charge in [0.1, 0.15) is 12.4 Å². The summed E-state index contributed by atoms with van der Waals surface area (Å²) in [6.45, 7) is 0.356. The number of hydrogen-bond donors (Lipinski definition) is 0. The van der Waals surface area contributed by atoms with Crippen LogP contribution in [0.15, 0.2) is 24.3 Å². The molecular formula is C10H10FO2. The summed E-state index contributed by atoms with van der Waals surface area (Å²) in [6, 6.07) is 9.83. The van der Waals surface area contributed by atoms with Crippen molar-refractivity contribution in [3.05, 3.63) is 30.3 Å². The zero-order chi connectivity index (χ0) is 9.15. The third kappa shape index (κ3) is 1.98. The molecule has 1 radical (unpaired) electrons. The van der Waals surface area contributed by atoms with E-state index in [4.69, 9.17) is 9.47 Å². The molecule has 0 saturated carbocycles. The first-order valence-electron chi connectivity index (χ1n) is 4.14. The average molecular weight is 181 g/mol. The second kappa shape index (κ2) is 3.34. The van der Waals surface area contributed by atoms with Crippen LogP contribution < -0.4 is 4.74 Å². The third-order valence-electron chi connectivity index (χ3n) is 1.91.